The third-order valence-electron chi connectivity index (χ3n) is 2.34. The molecule has 1 saturated carbocycles. The van der Waals surface area contributed by atoms with Gasteiger partial charge in [-0.25, -0.2) is 0 Å². The van der Waals surface area contributed by atoms with Crippen molar-refractivity contribution in [3.8, 4) is 0 Å². The van der Waals surface area contributed by atoms with E-state index in [4.69, 9.17) is 11.6 Å². The molecule has 0 N–H and O–H groups in total. The topological polar surface area (TPSA) is 30.7 Å². The van der Waals surface area contributed by atoms with Crippen LogP contribution in [0.5, 0.6) is 0 Å². The van der Waals surface area contributed by atoms with E-state index >= 15 is 0 Å². The molecule has 1 aliphatic carbocycles. The highest BCUT2D eigenvalue weighted by atomic mass is 35.5. The summed E-state index contributed by atoms with van der Waals surface area (Å²) in [5.41, 5.74) is 0. The quantitative estimate of drug-likeness (QED) is 0.697. The maximum atomic E-state index is 5.79. The molecule has 72 valence electrons. The fourth-order valence-corrected chi connectivity index (χ4v) is 1.78. The Kier molecular flexibility index (Phi) is 2.54. The van der Waals surface area contributed by atoms with Gasteiger partial charge in [-0.05, 0) is 19.3 Å². The van der Waals surface area contributed by atoms with Crippen molar-refractivity contribution in [3.63, 3.8) is 0 Å². The van der Waals surface area contributed by atoms with Gasteiger partial charge in [0, 0.05) is 12.5 Å². The standard InChI is InChI=1S/C9H14ClN3/c1-2-3-8-11-12-9(6-10)13(8)7-4-5-7/h7H,2-6H2,1H3. The van der Waals surface area contributed by atoms with Gasteiger partial charge in [-0.15, -0.1) is 21.8 Å². The van der Waals surface area contributed by atoms with Crippen molar-refractivity contribution in [1.29, 1.82) is 0 Å². The molecule has 0 aliphatic heterocycles. The van der Waals surface area contributed by atoms with Crippen LogP contribution in [0.2, 0.25) is 0 Å². The molecule has 4 heteroatoms. The highest BCUT2D eigenvalue weighted by Gasteiger charge is 2.28. The Morgan fingerprint density at radius 3 is 2.62 bits per heavy atom. The average molecular weight is 200 g/mol. The molecule has 13 heavy (non-hydrogen) atoms. The van der Waals surface area contributed by atoms with Crippen LogP contribution in [0.15, 0.2) is 0 Å². The molecule has 0 bridgehead atoms. The molecular formula is C9H14ClN3. The number of nitrogens with zero attached hydrogens (tertiary/aromatic N) is 3. The van der Waals surface area contributed by atoms with Crippen molar-refractivity contribution >= 4 is 11.6 Å². The first-order valence-corrected chi connectivity index (χ1v) is 5.39. The van der Waals surface area contributed by atoms with Gasteiger partial charge in [-0.1, -0.05) is 6.92 Å². The van der Waals surface area contributed by atoms with E-state index < -0.39 is 0 Å². The summed E-state index contributed by atoms with van der Waals surface area (Å²) in [5, 5.41) is 8.26. The summed E-state index contributed by atoms with van der Waals surface area (Å²) < 4.78 is 2.23. The Balaban J connectivity index is 2.27. The van der Waals surface area contributed by atoms with Crippen LogP contribution in [0.3, 0.4) is 0 Å². The summed E-state index contributed by atoms with van der Waals surface area (Å²) in [7, 11) is 0. The molecule has 0 spiro atoms. The van der Waals surface area contributed by atoms with Crippen molar-refractivity contribution in [1.82, 2.24) is 14.8 Å². The summed E-state index contributed by atoms with van der Waals surface area (Å²) >= 11 is 5.79. The molecule has 1 aromatic heterocycles. The highest BCUT2D eigenvalue weighted by Crippen LogP contribution is 2.37. The number of rotatable bonds is 4. The molecule has 3 nitrogen and oxygen atoms in total. The van der Waals surface area contributed by atoms with Crippen molar-refractivity contribution in [3.05, 3.63) is 11.6 Å². The first-order valence-electron chi connectivity index (χ1n) is 4.85. The third kappa shape index (κ3) is 1.70. The van der Waals surface area contributed by atoms with Gasteiger partial charge in [-0.2, -0.15) is 0 Å². The number of aryl methyl sites for hydroxylation is 1. The predicted octanol–water partition coefficient (Wildman–Crippen LogP) is 2.30. The molecule has 2 rings (SSSR count). The summed E-state index contributed by atoms with van der Waals surface area (Å²) in [6.07, 6.45) is 4.66. The lowest BCUT2D eigenvalue weighted by Crippen LogP contribution is -2.04. The van der Waals surface area contributed by atoms with E-state index in [9.17, 15) is 0 Å². The van der Waals surface area contributed by atoms with Crippen molar-refractivity contribution in [2.24, 2.45) is 0 Å². The molecule has 0 saturated heterocycles. The lowest BCUT2D eigenvalue weighted by atomic mass is 10.3. The molecule has 1 fully saturated rings. The number of alkyl halides is 1. The van der Waals surface area contributed by atoms with Gasteiger partial charge < -0.3 is 4.57 Å². The summed E-state index contributed by atoms with van der Waals surface area (Å²) in [5.74, 6) is 2.53. The van der Waals surface area contributed by atoms with Crippen LogP contribution < -0.4 is 0 Å². The minimum Gasteiger partial charge on any atom is -0.311 e. The second-order valence-electron chi connectivity index (χ2n) is 3.52. The molecule has 1 heterocycles. The first-order chi connectivity index (χ1) is 6.36. The SMILES string of the molecule is CCCc1nnc(CCl)n1C1CC1. The fraction of sp³-hybridized carbons (Fsp3) is 0.778. The van der Waals surface area contributed by atoms with Crippen LogP contribution >= 0.6 is 11.6 Å². The highest BCUT2D eigenvalue weighted by molar-refractivity contribution is 6.16. The Morgan fingerprint density at radius 1 is 1.38 bits per heavy atom. The van der Waals surface area contributed by atoms with Gasteiger partial charge in [-0.3, -0.25) is 0 Å². The molecule has 0 aromatic carbocycles. The molecular weight excluding hydrogens is 186 g/mol. The zero-order valence-electron chi connectivity index (χ0n) is 7.83. The number of halogens is 1. The van der Waals surface area contributed by atoms with Crippen LogP contribution in [0.4, 0.5) is 0 Å². The molecule has 1 aliphatic rings. The predicted molar refractivity (Wildman–Crippen MR) is 51.8 cm³/mol. The molecule has 0 unspecified atom stereocenters. The molecule has 0 amide bonds. The second kappa shape index (κ2) is 3.66. The Bertz CT molecular complexity index is 291. The van der Waals surface area contributed by atoms with Crippen molar-refractivity contribution < 1.29 is 0 Å². The van der Waals surface area contributed by atoms with Crippen molar-refractivity contribution in [2.45, 2.75) is 44.5 Å². The van der Waals surface area contributed by atoms with E-state index in [0.717, 1.165) is 24.5 Å². The molecule has 1 aromatic rings. The lowest BCUT2D eigenvalue weighted by Gasteiger charge is -2.05. The van der Waals surface area contributed by atoms with Gasteiger partial charge in [0.2, 0.25) is 0 Å². The first kappa shape index (κ1) is 9.00. The Hall–Kier alpha value is -0.570. The fourth-order valence-electron chi connectivity index (χ4n) is 1.60. The van der Waals surface area contributed by atoms with Crippen LogP contribution in [-0.2, 0) is 12.3 Å². The largest absolute Gasteiger partial charge is 0.311 e. The van der Waals surface area contributed by atoms with E-state index in [-0.39, 0.29) is 0 Å². The van der Waals surface area contributed by atoms with Crippen LogP contribution in [0.25, 0.3) is 0 Å². The average Bonchev–Trinajstić information content (AvgIpc) is 2.89. The van der Waals surface area contributed by atoms with Gasteiger partial charge in [0.15, 0.2) is 0 Å². The van der Waals surface area contributed by atoms with Crippen LogP contribution in [0, 0.1) is 0 Å². The summed E-state index contributed by atoms with van der Waals surface area (Å²) in [4.78, 5) is 0. The van der Waals surface area contributed by atoms with Crippen LogP contribution in [-0.4, -0.2) is 14.8 Å². The number of hydrogen-bond acceptors (Lipinski definition) is 2. The molecule has 0 radical (unpaired) electrons. The van der Waals surface area contributed by atoms with E-state index in [1.807, 2.05) is 0 Å². The van der Waals surface area contributed by atoms with E-state index in [1.54, 1.807) is 0 Å². The minimum atomic E-state index is 0.479. The normalized spacial score (nSPS) is 16.5. The zero-order valence-corrected chi connectivity index (χ0v) is 8.59. The number of aromatic nitrogens is 3. The van der Waals surface area contributed by atoms with Crippen LogP contribution in [0.1, 0.15) is 43.9 Å². The second-order valence-corrected chi connectivity index (χ2v) is 3.78. The summed E-state index contributed by atoms with van der Waals surface area (Å²) in [6.45, 7) is 2.16. The van der Waals surface area contributed by atoms with Gasteiger partial charge in [0.05, 0.1) is 5.88 Å². The van der Waals surface area contributed by atoms with Crippen molar-refractivity contribution in [2.75, 3.05) is 0 Å². The maximum absolute atomic E-state index is 5.79. The lowest BCUT2D eigenvalue weighted by molar-refractivity contribution is 0.649. The Labute approximate surface area is 83.1 Å². The monoisotopic (exact) mass is 199 g/mol. The van der Waals surface area contributed by atoms with Gasteiger partial charge in [0.25, 0.3) is 0 Å². The van der Waals surface area contributed by atoms with Gasteiger partial charge in [0.1, 0.15) is 11.6 Å². The summed E-state index contributed by atoms with van der Waals surface area (Å²) in [6, 6.07) is 0.644. The van der Waals surface area contributed by atoms with E-state index in [0.29, 0.717) is 11.9 Å². The zero-order chi connectivity index (χ0) is 9.26. The van der Waals surface area contributed by atoms with E-state index in [1.165, 1.54) is 12.8 Å². The Morgan fingerprint density at radius 2 is 2.08 bits per heavy atom. The molecule has 0 atom stereocenters. The third-order valence-corrected chi connectivity index (χ3v) is 2.58. The maximum Gasteiger partial charge on any atom is 0.148 e. The smallest absolute Gasteiger partial charge is 0.148 e. The number of hydrogen-bond donors (Lipinski definition) is 0. The van der Waals surface area contributed by atoms with E-state index in [2.05, 4.69) is 21.7 Å². The minimum absolute atomic E-state index is 0.479. The van der Waals surface area contributed by atoms with Gasteiger partial charge >= 0.3 is 0 Å².